The third-order valence-electron chi connectivity index (χ3n) is 8.68. The molecule has 1 aliphatic carbocycles. The van der Waals surface area contributed by atoms with Crippen LogP contribution in [0.25, 0.3) is 73.6 Å². The van der Waals surface area contributed by atoms with Gasteiger partial charge in [-0.1, -0.05) is 109 Å². The Hall–Kier alpha value is -6.00. The number of hydrogen-bond donors (Lipinski definition) is 0. The molecular weight excluding hydrogens is 573 g/mol. The van der Waals surface area contributed by atoms with E-state index in [9.17, 15) is 0 Å². The summed E-state index contributed by atoms with van der Waals surface area (Å²) in [5.74, 6) is 1.41. The van der Waals surface area contributed by atoms with Gasteiger partial charge in [0.25, 0.3) is 0 Å². The average Bonchev–Trinajstić information content (AvgIpc) is 3.15. The first kappa shape index (κ1) is 28.5. The molecule has 7 aromatic rings. The molecule has 8 rings (SSSR count). The van der Waals surface area contributed by atoms with Crippen LogP contribution in [-0.4, -0.2) is 19.9 Å². The highest BCUT2D eigenvalue weighted by Crippen LogP contribution is 2.38. The van der Waals surface area contributed by atoms with Crippen molar-refractivity contribution in [3.63, 3.8) is 0 Å². The van der Waals surface area contributed by atoms with Gasteiger partial charge in [0.1, 0.15) is 0 Å². The monoisotopic (exact) mass is 604 g/mol. The van der Waals surface area contributed by atoms with Crippen LogP contribution in [0, 0.1) is 6.92 Å². The maximum atomic E-state index is 5.19. The van der Waals surface area contributed by atoms with E-state index in [1.54, 1.807) is 0 Å². The van der Waals surface area contributed by atoms with Gasteiger partial charge in [0, 0.05) is 34.1 Å². The first-order valence-corrected chi connectivity index (χ1v) is 16.0. The van der Waals surface area contributed by atoms with Gasteiger partial charge in [-0.05, 0) is 89.5 Å². The number of allylic oxidation sites excluding steroid dienone is 1. The van der Waals surface area contributed by atoms with Gasteiger partial charge in [-0.25, -0.2) is 19.9 Å². The fourth-order valence-corrected chi connectivity index (χ4v) is 6.31. The van der Waals surface area contributed by atoms with E-state index in [0.29, 0.717) is 5.82 Å². The van der Waals surface area contributed by atoms with Crippen molar-refractivity contribution >= 4 is 6.08 Å². The molecule has 0 bridgehead atoms. The van der Waals surface area contributed by atoms with Gasteiger partial charge in [-0.3, -0.25) is 0 Å². The predicted molar refractivity (Wildman–Crippen MR) is 192 cm³/mol. The molecule has 0 N–H and O–H groups in total. The lowest BCUT2D eigenvalue weighted by atomic mass is 9.88. The molecule has 0 atom stereocenters. The van der Waals surface area contributed by atoms with Crippen LogP contribution in [-0.2, 0) is 6.42 Å². The van der Waals surface area contributed by atoms with Gasteiger partial charge in [0.2, 0.25) is 0 Å². The number of nitrogens with zero attached hydrogens (tertiary/aromatic N) is 4. The number of aryl methyl sites for hydroxylation is 2. The molecule has 1 aliphatic rings. The standard InChI is InChI=1S/C43H32N4/c1-29-22-23-44-42(45-29)34-19-10-18-33(24-34)35-25-36(39-21-11-17-30-12-8-9-20-38(30)39)27-37(26-35)43-46-40(31-13-4-2-5-14-31)28-41(47-43)32-15-6-3-7-16-32/h2-7,9-11,13-28H,8,12H2,1H3. The van der Waals surface area contributed by atoms with E-state index in [-0.39, 0.29) is 0 Å². The molecule has 5 aromatic carbocycles. The molecule has 47 heavy (non-hydrogen) atoms. The molecule has 2 heterocycles. The zero-order chi connectivity index (χ0) is 31.6. The summed E-state index contributed by atoms with van der Waals surface area (Å²) in [5, 5.41) is 0. The average molecular weight is 605 g/mol. The lowest BCUT2D eigenvalue weighted by Gasteiger charge is -2.17. The molecular formula is C43H32N4. The first-order chi connectivity index (χ1) is 23.2. The van der Waals surface area contributed by atoms with Crippen LogP contribution in [0.2, 0.25) is 0 Å². The molecule has 0 saturated heterocycles. The minimum Gasteiger partial charge on any atom is -0.237 e. The van der Waals surface area contributed by atoms with E-state index >= 15 is 0 Å². The third-order valence-corrected chi connectivity index (χ3v) is 8.68. The molecule has 0 spiro atoms. The van der Waals surface area contributed by atoms with Gasteiger partial charge in [-0.15, -0.1) is 0 Å². The topological polar surface area (TPSA) is 51.6 Å². The van der Waals surface area contributed by atoms with Crippen molar-refractivity contribution in [2.75, 3.05) is 0 Å². The molecule has 0 unspecified atom stereocenters. The Bertz CT molecular complexity index is 2200. The Labute approximate surface area is 275 Å². The van der Waals surface area contributed by atoms with Crippen molar-refractivity contribution in [1.29, 1.82) is 0 Å². The first-order valence-electron chi connectivity index (χ1n) is 16.0. The van der Waals surface area contributed by atoms with E-state index in [0.717, 1.165) is 74.7 Å². The van der Waals surface area contributed by atoms with Crippen LogP contribution in [0.5, 0.6) is 0 Å². The number of hydrogen-bond acceptors (Lipinski definition) is 4. The van der Waals surface area contributed by atoms with Gasteiger partial charge < -0.3 is 0 Å². The Morgan fingerprint density at radius 2 is 1.13 bits per heavy atom. The second-order valence-electron chi connectivity index (χ2n) is 11.9. The quantitative estimate of drug-likeness (QED) is 0.189. The van der Waals surface area contributed by atoms with Crippen molar-refractivity contribution in [1.82, 2.24) is 19.9 Å². The van der Waals surface area contributed by atoms with Crippen LogP contribution in [0.4, 0.5) is 0 Å². The van der Waals surface area contributed by atoms with E-state index in [2.05, 4.69) is 132 Å². The summed E-state index contributed by atoms with van der Waals surface area (Å²) in [7, 11) is 0. The molecule has 0 radical (unpaired) electrons. The molecule has 4 heteroatoms. The number of benzene rings is 5. The summed E-state index contributed by atoms with van der Waals surface area (Å²) < 4.78 is 0. The van der Waals surface area contributed by atoms with Gasteiger partial charge in [0.05, 0.1) is 11.4 Å². The predicted octanol–water partition coefficient (Wildman–Crippen LogP) is 10.5. The maximum absolute atomic E-state index is 5.19. The van der Waals surface area contributed by atoms with Crippen molar-refractivity contribution in [2.24, 2.45) is 0 Å². The van der Waals surface area contributed by atoms with Crippen LogP contribution in [0.15, 0.2) is 146 Å². The maximum Gasteiger partial charge on any atom is 0.160 e. The summed E-state index contributed by atoms with van der Waals surface area (Å²) in [4.78, 5) is 19.6. The normalized spacial score (nSPS) is 12.1. The number of rotatable bonds is 6. The number of aromatic nitrogens is 4. The molecule has 0 saturated carbocycles. The second-order valence-corrected chi connectivity index (χ2v) is 11.9. The van der Waals surface area contributed by atoms with E-state index in [4.69, 9.17) is 15.0 Å². The Morgan fingerprint density at radius 3 is 1.87 bits per heavy atom. The summed E-state index contributed by atoms with van der Waals surface area (Å²) in [6, 6.07) is 46.6. The van der Waals surface area contributed by atoms with Gasteiger partial charge in [0.15, 0.2) is 11.6 Å². The van der Waals surface area contributed by atoms with Crippen molar-refractivity contribution < 1.29 is 0 Å². The highest BCUT2D eigenvalue weighted by atomic mass is 14.9. The Kier molecular flexibility index (Phi) is 7.52. The SMILES string of the molecule is Cc1ccnc(-c2cccc(-c3cc(-c4nc(-c5ccccc5)cc(-c5ccccc5)n4)cc(-c4cccc5c4C=CCC5)c3)c2)n1. The molecule has 0 amide bonds. The van der Waals surface area contributed by atoms with E-state index < -0.39 is 0 Å². The highest BCUT2D eigenvalue weighted by molar-refractivity contribution is 5.86. The largest absolute Gasteiger partial charge is 0.237 e. The van der Waals surface area contributed by atoms with Gasteiger partial charge in [-0.2, -0.15) is 0 Å². The Balaban J connectivity index is 1.35. The molecule has 224 valence electrons. The van der Waals surface area contributed by atoms with Crippen LogP contribution >= 0.6 is 0 Å². The van der Waals surface area contributed by atoms with Crippen LogP contribution < -0.4 is 0 Å². The van der Waals surface area contributed by atoms with E-state index in [1.165, 1.54) is 16.7 Å². The summed E-state index contributed by atoms with van der Waals surface area (Å²) in [5.41, 5.74) is 13.9. The molecule has 0 fully saturated rings. The lowest BCUT2D eigenvalue weighted by Crippen LogP contribution is -1.99. The summed E-state index contributed by atoms with van der Waals surface area (Å²) in [6.45, 7) is 1.99. The van der Waals surface area contributed by atoms with Crippen molar-refractivity contribution in [3.8, 4) is 67.5 Å². The minimum absolute atomic E-state index is 0.687. The highest BCUT2D eigenvalue weighted by Gasteiger charge is 2.17. The fraction of sp³-hybridized carbons (Fsp3) is 0.0698. The minimum atomic E-state index is 0.687. The van der Waals surface area contributed by atoms with Crippen LogP contribution in [0.3, 0.4) is 0 Å². The number of fused-ring (bicyclic) bond motifs is 1. The molecule has 4 nitrogen and oxygen atoms in total. The van der Waals surface area contributed by atoms with Crippen molar-refractivity contribution in [3.05, 3.63) is 163 Å². The van der Waals surface area contributed by atoms with Crippen LogP contribution in [0.1, 0.15) is 23.2 Å². The summed E-state index contributed by atoms with van der Waals surface area (Å²) >= 11 is 0. The fourth-order valence-electron chi connectivity index (χ4n) is 6.31. The Morgan fingerprint density at radius 1 is 0.489 bits per heavy atom. The van der Waals surface area contributed by atoms with E-state index in [1.807, 2.05) is 31.3 Å². The van der Waals surface area contributed by atoms with Gasteiger partial charge >= 0.3 is 0 Å². The lowest BCUT2D eigenvalue weighted by molar-refractivity contribution is 0.986. The summed E-state index contributed by atoms with van der Waals surface area (Å²) in [6.07, 6.45) is 8.48. The smallest absolute Gasteiger partial charge is 0.160 e. The second kappa shape index (κ2) is 12.4. The van der Waals surface area contributed by atoms with Crippen molar-refractivity contribution in [2.45, 2.75) is 19.8 Å². The zero-order valence-corrected chi connectivity index (χ0v) is 26.1. The zero-order valence-electron chi connectivity index (χ0n) is 26.1. The molecule has 2 aromatic heterocycles. The third kappa shape index (κ3) is 5.89. The molecule has 0 aliphatic heterocycles.